The Kier molecular flexibility index (Phi) is 7.67. The molecule has 2 aromatic rings. The van der Waals surface area contributed by atoms with Gasteiger partial charge in [0.15, 0.2) is 5.11 Å². The van der Waals surface area contributed by atoms with E-state index < -0.39 is 0 Å². The average molecular weight is 416 g/mol. The summed E-state index contributed by atoms with van der Waals surface area (Å²) in [5, 5.41) is 5.32. The minimum Gasteiger partial charge on any atom is -0.362 e. The third kappa shape index (κ3) is 5.80. The molecule has 0 atom stereocenters. The zero-order chi connectivity index (χ0) is 20.8. The van der Waals surface area contributed by atoms with Crippen LogP contribution in [-0.4, -0.2) is 48.2 Å². The van der Waals surface area contributed by atoms with E-state index in [0.29, 0.717) is 12.6 Å². The third-order valence-electron chi connectivity index (χ3n) is 5.89. The molecule has 1 fully saturated rings. The number of nitrogens with zero attached hydrogens (tertiary/aromatic N) is 1. The molecule has 5 nitrogen and oxygen atoms in total. The van der Waals surface area contributed by atoms with Crippen LogP contribution in [0.15, 0.2) is 29.1 Å². The van der Waals surface area contributed by atoms with Crippen molar-refractivity contribution in [3.63, 3.8) is 0 Å². The molecule has 0 unspecified atom stereocenters. The first-order valence-corrected chi connectivity index (χ1v) is 11.4. The fourth-order valence-corrected chi connectivity index (χ4v) is 4.46. The molecule has 0 aliphatic heterocycles. The standard InChI is InChI=1S/C23H34N4OS/c1-4-17-10-11-21-18(14-17)15-19(22(28)25-21)16-27(20-8-5-6-9-20)23(29)24-12-7-13-26(2)3/h10-11,14-15,20H,4-9,12-13,16H2,1-3H3,(H,24,29)(H,25,28)/p+1. The second-order valence-corrected chi connectivity index (χ2v) is 8.89. The normalized spacial score (nSPS) is 14.6. The quantitative estimate of drug-likeness (QED) is 0.457. The average Bonchev–Trinajstić information content (AvgIpc) is 3.23. The number of aromatic amines is 1. The van der Waals surface area contributed by atoms with Crippen LogP contribution in [0.5, 0.6) is 0 Å². The summed E-state index contributed by atoms with van der Waals surface area (Å²) in [5.74, 6) is 0. The van der Waals surface area contributed by atoms with E-state index in [2.05, 4.69) is 48.4 Å². The highest BCUT2D eigenvalue weighted by molar-refractivity contribution is 7.80. The van der Waals surface area contributed by atoms with Gasteiger partial charge in [0.2, 0.25) is 0 Å². The molecule has 1 aromatic heterocycles. The molecule has 158 valence electrons. The minimum absolute atomic E-state index is 0.0104. The van der Waals surface area contributed by atoms with Crippen LogP contribution in [0, 0.1) is 0 Å². The summed E-state index contributed by atoms with van der Waals surface area (Å²) in [6.07, 6.45) is 6.84. The van der Waals surface area contributed by atoms with Gasteiger partial charge in [-0.25, -0.2) is 0 Å². The van der Waals surface area contributed by atoms with Gasteiger partial charge in [-0.15, -0.1) is 0 Å². The van der Waals surface area contributed by atoms with Crippen LogP contribution in [0.4, 0.5) is 0 Å². The van der Waals surface area contributed by atoms with Crippen LogP contribution in [0.25, 0.3) is 10.9 Å². The largest absolute Gasteiger partial charge is 0.362 e. The van der Waals surface area contributed by atoms with Gasteiger partial charge in [0.1, 0.15) is 0 Å². The molecule has 1 saturated carbocycles. The Morgan fingerprint density at radius 3 is 2.72 bits per heavy atom. The van der Waals surface area contributed by atoms with Gasteiger partial charge in [0, 0.05) is 30.1 Å². The number of thiocarbonyl (C=S) groups is 1. The fraction of sp³-hybridized carbons (Fsp3) is 0.565. The molecule has 29 heavy (non-hydrogen) atoms. The molecule has 0 radical (unpaired) electrons. The maximum Gasteiger partial charge on any atom is 0.253 e. The van der Waals surface area contributed by atoms with Gasteiger partial charge in [-0.1, -0.05) is 25.8 Å². The summed E-state index contributed by atoms with van der Waals surface area (Å²) in [6.45, 7) is 4.71. The van der Waals surface area contributed by atoms with E-state index in [1.54, 1.807) is 0 Å². The molecule has 0 bridgehead atoms. The van der Waals surface area contributed by atoms with Crippen molar-refractivity contribution in [2.45, 2.75) is 58.0 Å². The highest BCUT2D eigenvalue weighted by Crippen LogP contribution is 2.25. The van der Waals surface area contributed by atoms with Crippen molar-refractivity contribution in [2.75, 3.05) is 27.2 Å². The highest BCUT2D eigenvalue weighted by atomic mass is 32.1. The molecule has 0 saturated heterocycles. The van der Waals surface area contributed by atoms with Crippen LogP contribution < -0.4 is 15.8 Å². The fourth-order valence-electron chi connectivity index (χ4n) is 4.14. The maximum absolute atomic E-state index is 12.7. The van der Waals surface area contributed by atoms with Crippen molar-refractivity contribution in [3.8, 4) is 0 Å². The summed E-state index contributed by atoms with van der Waals surface area (Å²) < 4.78 is 0. The van der Waals surface area contributed by atoms with E-state index in [4.69, 9.17) is 12.2 Å². The molecular weight excluding hydrogens is 380 g/mol. The first kappa shape index (κ1) is 21.8. The predicted molar refractivity (Wildman–Crippen MR) is 125 cm³/mol. The Morgan fingerprint density at radius 2 is 2.03 bits per heavy atom. The zero-order valence-electron chi connectivity index (χ0n) is 18.0. The number of hydrogen-bond acceptors (Lipinski definition) is 2. The van der Waals surface area contributed by atoms with Crippen molar-refractivity contribution in [2.24, 2.45) is 0 Å². The monoisotopic (exact) mass is 415 g/mol. The van der Waals surface area contributed by atoms with Gasteiger partial charge in [-0.05, 0) is 60.6 Å². The van der Waals surface area contributed by atoms with Gasteiger partial charge >= 0.3 is 0 Å². The molecule has 1 aromatic carbocycles. The molecule has 1 aliphatic rings. The molecule has 0 spiro atoms. The third-order valence-corrected chi connectivity index (χ3v) is 6.27. The Balaban J connectivity index is 1.78. The van der Waals surface area contributed by atoms with Crippen molar-refractivity contribution in [1.82, 2.24) is 15.2 Å². The van der Waals surface area contributed by atoms with E-state index in [9.17, 15) is 4.79 Å². The smallest absolute Gasteiger partial charge is 0.253 e. The lowest BCUT2D eigenvalue weighted by molar-refractivity contribution is -0.858. The Morgan fingerprint density at radius 1 is 1.28 bits per heavy atom. The Hall–Kier alpha value is -1.92. The summed E-state index contributed by atoms with van der Waals surface area (Å²) in [6, 6.07) is 8.73. The van der Waals surface area contributed by atoms with E-state index in [-0.39, 0.29) is 5.56 Å². The molecule has 1 aliphatic carbocycles. The summed E-state index contributed by atoms with van der Waals surface area (Å²) in [4.78, 5) is 19.5. The first-order chi connectivity index (χ1) is 14.0. The van der Waals surface area contributed by atoms with E-state index in [0.717, 1.165) is 60.4 Å². The number of fused-ring (bicyclic) bond motifs is 1. The molecule has 3 N–H and O–H groups in total. The second kappa shape index (κ2) is 10.2. The number of rotatable bonds is 8. The van der Waals surface area contributed by atoms with Gasteiger partial charge in [0.25, 0.3) is 5.56 Å². The second-order valence-electron chi connectivity index (χ2n) is 8.51. The molecule has 6 heteroatoms. The number of aryl methyl sites for hydroxylation is 1. The molecular formula is C23H35N4OS+. The lowest BCUT2D eigenvalue weighted by atomic mass is 10.1. The SMILES string of the molecule is CCc1ccc2[nH]c(=O)c(CN(C(=S)NCCC[NH+](C)C)C3CCCC3)cc2c1. The van der Waals surface area contributed by atoms with Crippen LogP contribution in [-0.2, 0) is 13.0 Å². The van der Waals surface area contributed by atoms with Crippen LogP contribution >= 0.6 is 12.2 Å². The number of quaternary nitrogens is 1. The zero-order valence-corrected chi connectivity index (χ0v) is 18.8. The maximum atomic E-state index is 12.7. The topological polar surface area (TPSA) is 52.6 Å². The van der Waals surface area contributed by atoms with Gasteiger partial charge in [0.05, 0.1) is 27.2 Å². The van der Waals surface area contributed by atoms with Crippen LogP contribution in [0.2, 0.25) is 0 Å². The molecule has 3 rings (SSSR count). The van der Waals surface area contributed by atoms with Gasteiger partial charge < -0.3 is 20.1 Å². The Bertz CT molecular complexity index is 886. The van der Waals surface area contributed by atoms with Crippen molar-refractivity contribution in [3.05, 3.63) is 45.7 Å². The molecule has 0 amide bonds. The number of nitrogens with one attached hydrogen (secondary N) is 3. The van der Waals surface area contributed by atoms with Gasteiger partial charge in [-0.3, -0.25) is 4.79 Å². The summed E-state index contributed by atoms with van der Waals surface area (Å²) in [5.41, 5.74) is 2.96. The van der Waals surface area contributed by atoms with E-state index in [1.165, 1.54) is 23.3 Å². The van der Waals surface area contributed by atoms with Crippen molar-refractivity contribution < 1.29 is 4.90 Å². The number of benzene rings is 1. The van der Waals surface area contributed by atoms with Crippen molar-refractivity contribution >= 4 is 28.2 Å². The lowest BCUT2D eigenvalue weighted by Crippen LogP contribution is -3.05. The number of pyridine rings is 1. The van der Waals surface area contributed by atoms with Gasteiger partial charge in [-0.2, -0.15) is 0 Å². The van der Waals surface area contributed by atoms with E-state index >= 15 is 0 Å². The predicted octanol–water partition coefficient (Wildman–Crippen LogP) is 2.24. The number of aromatic nitrogens is 1. The van der Waals surface area contributed by atoms with Crippen molar-refractivity contribution in [1.29, 1.82) is 0 Å². The van der Waals surface area contributed by atoms with Crippen LogP contribution in [0.1, 0.15) is 50.2 Å². The first-order valence-electron chi connectivity index (χ1n) is 11.0. The lowest BCUT2D eigenvalue weighted by Gasteiger charge is -2.31. The van der Waals surface area contributed by atoms with E-state index in [1.807, 2.05) is 12.1 Å². The number of H-pyrrole nitrogens is 1. The molecule has 1 heterocycles. The number of hydrogen-bond donors (Lipinski definition) is 3. The van der Waals surface area contributed by atoms with Crippen LogP contribution in [0.3, 0.4) is 0 Å². The summed E-state index contributed by atoms with van der Waals surface area (Å²) in [7, 11) is 4.33. The minimum atomic E-state index is -0.0104. The Labute approximate surface area is 179 Å². The summed E-state index contributed by atoms with van der Waals surface area (Å²) >= 11 is 5.76. The highest BCUT2D eigenvalue weighted by Gasteiger charge is 2.25.